The summed E-state index contributed by atoms with van der Waals surface area (Å²) in [5, 5.41) is 0. The fourth-order valence-corrected chi connectivity index (χ4v) is 1.82. The van der Waals surface area contributed by atoms with E-state index in [9.17, 15) is 4.79 Å². The molecule has 2 nitrogen and oxygen atoms in total. The summed E-state index contributed by atoms with van der Waals surface area (Å²) in [7, 11) is 0. The molecule has 14 heavy (non-hydrogen) atoms. The van der Waals surface area contributed by atoms with Gasteiger partial charge in [0, 0.05) is 5.92 Å². The van der Waals surface area contributed by atoms with Crippen LogP contribution in [-0.4, -0.2) is 12.6 Å². The molecule has 0 aromatic carbocycles. The molecule has 0 saturated carbocycles. The molecule has 1 aliphatic rings. The van der Waals surface area contributed by atoms with Gasteiger partial charge in [-0.25, -0.2) is 0 Å². The molecule has 0 spiro atoms. The van der Waals surface area contributed by atoms with E-state index in [0.29, 0.717) is 18.9 Å². The number of allylic oxidation sites excluding steroid dienone is 1. The Morgan fingerprint density at radius 3 is 2.79 bits per heavy atom. The first-order chi connectivity index (χ1) is 6.83. The number of cyclic esters (lactones) is 1. The normalized spacial score (nSPS) is 20.9. The standard InChI is InChI=1S/C12H20O2/c1-2-3-4-5-6-7-8-11-9-12(13)14-10-11/h2,11H,1,3-10H2. The third-order valence-electron chi connectivity index (χ3n) is 2.71. The fourth-order valence-electron chi connectivity index (χ4n) is 1.82. The van der Waals surface area contributed by atoms with Crippen LogP contribution in [0.1, 0.15) is 44.9 Å². The Morgan fingerprint density at radius 2 is 2.14 bits per heavy atom. The zero-order valence-electron chi connectivity index (χ0n) is 8.84. The molecule has 1 saturated heterocycles. The Bertz CT molecular complexity index is 187. The van der Waals surface area contributed by atoms with Crippen molar-refractivity contribution in [3.8, 4) is 0 Å². The third kappa shape index (κ3) is 4.45. The van der Waals surface area contributed by atoms with Gasteiger partial charge >= 0.3 is 5.97 Å². The van der Waals surface area contributed by atoms with E-state index in [2.05, 4.69) is 6.58 Å². The number of esters is 1. The summed E-state index contributed by atoms with van der Waals surface area (Å²) in [6.07, 6.45) is 9.95. The molecule has 0 bridgehead atoms. The van der Waals surface area contributed by atoms with Gasteiger partial charge in [-0.05, 0) is 19.3 Å². The van der Waals surface area contributed by atoms with Crippen LogP contribution in [0.4, 0.5) is 0 Å². The van der Waals surface area contributed by atoms with Crippen LogP contribution >= 0.6 is 0 Å². The summed E-state index contributed by atoms with van der Waals surface area (Å²) >= 11 is 0. The van der Waals surface area contributed by atoms with Gasteiger partial charge in [0.05, 0.1) is 13.0 Å². The largest absolute Gasteiger partial charge is 0.465 e. The van der Waals surface area contributed by atoms with Crippen LogP contribution in [0.15, 0.2) is 12.7 Å². The number of carbonyl (C=O) groups is 1. The number of unbranched alkanes of at least 4 members (excludes halogenated alkanes) is 4. The first kappa shape index (κ1) is 11.3. The highest BCUT2D eigenvalue weighted by molar-refractivity contribution is 5.71. The molecule has 1 atom stereocenters. The molecule has 1 heterocycles. The quantitative estimate of drug-likeness (QED) is 0.355. The molecule has 1 aliphatic heterocycles. The number of rotatable bonds is 7. The smallest absolute Gasteiger partial charge is 0.306 e. The molecular weight excluding hydrogens is 176 g/mol. The maximum Gasteiger partial charge on any atom is 0.306 e. The van der Waals surface area contributed by atoms with Crippen molar-refractivity contribution in [1.82, 2.24) is 0 Å². The zero-order chi connectivity index (χ0) is 10.2. The maximum absolute atomic E-state index is 10.8. The molecular formula is C12H20O2. The second-order valence-electron chi connectivity index (χ2n) is 4.03. The minimum absolute atomic E-state index is 0.0124. The number of carbonyl (C=O) groups excluding carboxylic acids is 1. The lowest BCUT2D eigenvalue weighted by Gasteiger charge is -2.04. The third-order valence-corrected chi connectivity index (χ3v) is 2.71. The lowest BCUT2D eigenvalue weighted by atomic mass is 10.00. The van der Waals surface area contributed by atoms with Crippen LogP contribution in [0.25, 0.3) is 0 Å². The van der Waals surface area contributed by atoms with Crippen molar-refractivity contribution >= 4 is 5.97 Å². The van der Waals surface area contributed by atoms with Gasteiger partial charge in [0.15, 0.2) is 0 Å². The van der Waals surface area contributed by atoms with E-state index in [1.165, 1.54) is 25.7 Å². The summed E-state index contributed by atoms with van der Waals surface area (Å²) in [4.78, 5) is 10.8. The molecule has 0 aromatic heterocycles. The van der Waals surface area contributed by atoms with Crippen molar-refractivity contribution < 1.29 is 9.53 Å². The van der Waals surface area contributed by atoms with E-state index in [4.69, 9.17) is 4.74 Å². The van der Waals surface area contributed by atoms with Crippen LogP contribution in [-0.2, 0) is 9.53 Å². The van der Waals surface area contributed by atoms with Crippen LogP contribution in [0.3, 0.4) is 0 Å². The molecule has 1 fully saturated rings. The second-order valence-corrected chi connectivity index (χ2v) is 4.03. The van der Waals surface area contributed by atoms with Gasteiger partial charge in [0.25, 0.3) is 0 Å². The number of hydrogen-bond acceptors (Lipinski definition) is 2. The summed E-state index contributed by atoms with van der Waals surface area (Å²) in [6, 6.07) is 0. The van der Waals surface area contributed by atoms with Crippen molar-refractivity contribution in [3.63, 3.8) is 0 Å². The van der Waals surface area contributed by atoms with Gasteiger partial charge in [-0.2, -0.15) is 0 Å². The van der Waals surface area contributed by atoms with Gasteiger partial charge in [0.2, 0.25) is 0 Å². The fraction of sp³-hybridized carbons (Fsp3) is 0.750. The Morgan fingerprint density at radius 1 is 1.36 bits per heavy atom. The van der Waals surface area contributed by atoms with Crippen molar-refractivity contribution in [2.45, 2.75) is 44.9 Å². The highest BCUT2D eigenvalue weighted by Gasteiger charge is 2.22. The van der Waals surface area contributed by atoms with Gasteiger partial charge in [-0.1, -0.05) is 25.3 Å². The Kier molecular flexibility index (Phi) is 5.35. The predicted molar refractivity (Wildman–Crippen MR) is 57.0 cm³/mol. The van der Waals surface area contributed by atoms with Crippen LogP contribution < -0.4 is 0 Å². The van der Waals surface area contributed by atoms with E-state index in [-0.39, 0.29) is 5.97 Å². The predicted octanol–water partition coefficient (Wildman–Crippen LogP) is 3.08. The summed E-state index contributed by atoms with van der Waals surface area (Å²) in [5.74, 6) is 0.489. The van der Waals surface area contributed by atoms with Crippen molar-refractivity contribution in [2.24, 2.45) is 5.92 Å². The van der Waals surface area contributed by atoms with Crippen molar-refractivity contribution in [2.75, 3.05) is 6.61 Å². The molecule has 0 N–H and O–H groups in total. The summed E-state index contributed by atoms with van der Waals surface area (Å²) < 4.78 is 4.91. The topological polar surface area (TPSA) is 26.3 Å². The molecule has 2 heteroatoms. The van der Waals surface area contributed by atoms with Crippen molar-refractivity contribution in [1.29, 1.82) is 0 Å². The Balaban J connectivity index is 1.89. The maximum atomic E-state index is 10.8. The van der Waals surface area contributed by atoms with Gasteiger partial charge in [-0.15, -0.1) is 6.58 Å². The van der Waals surface area contributed by atoms with E-state index in [1.807, 2.05) is 6.08 Å². The van der Waals surface area contributed by atoms with E-state index < -0.39 is 0 Å². The molecule has 1 unspecified atom stereocenters. The van der Waals surface area contributed by atoms with E-state index >= 15 is 0 Å². The highest BCUT2D eigenvalue weighted by atomic mass is 16.5. The molecule has 1 rings (SSSR count). The SMILES string of the molecule is C=CCCCCCCC1COC(=O)C1. The average Bonchev–Trinajstić information content (AvgIpc) is 2.58. The first-order valence-corrected chi connectivity index (χ1v) is 5.59. The van der Waals surface area contributed by atoms with Crippen LogP contribution in [0.2, 0.25) is 0 Å². The lowest BCUT2D eigenvalue weighted by Crippen LogP contribution is -1.98. The van der Waals surface area contributed by atoms with Gasteiger partial charge in [0.1, 0.15) is 0 Å². The minimum atomic E-state index is -0.0124. The Hall–Kier alpha value is -0.790. The molecule has 80 valence electrons. The molecule has 0 aliphatic carbocycles. The summed E-state index contributed by atoms with van der Waals surface area (Å²) in [5.41, 5.74) is 0. The monoisotopic (exact) mass is 196 g/mol. The zero-order valence-corrected chi connectivity index (χ0v) is 8.84. The van der Waals surface area contributed by atoms with Gasteiger partial charge in [-0.3, -0.25) is 4.79 Å². The Labute approximate surface area is 86.3 Å². The average molecular weight is 196 g/mol. The highest BCUT2D eigenvalue weighted by Crippen LogP contribution is 2.20. The first-order valence-electron chi connectivity index (χ1n) is 5.59. The molecule has 0 amide bonds. The molecule has 0 aromatic rings. The summed E-state index contributed by atoms with van der Waals surface area (Å²) in [6.45, 7) is 4.35. The van der Waals surface area contributed by atoms with Crippen LogP contribution in [0, 0.1) is 5.92 Å². The number of hydrogen-bond donors (Lipinski definition) is 0. The van der Waals surface area contributed by atoms with Crippen molar-refractivity contribution in [3.05, 3.63) is 12.7 Å². The van der Waals surface area contributed by atoms with Crippen LogP contribution in [0.5, 0.6) is 0 Å². The lowest BCUT2D eigenvalue weighted by molar-refractivity contribution is -0.137. The molecule has 0 radical (unpaired) electrons. The van der Waals surface area contributed by atoms with E-state index in [1.54, 1.807) is 0 Å². The minimum Gasteiger partial charge on any atom is -0.465 e. The van der Waals surface area contributed by atoms with E-state index in [0.717, 1.165) is 12.8 Å². The second kappa shape index (κ2) is 6.63. The van der Waals surface area contributed by atoms with Gasteiger partial charge < -0.3 is 4.74 Å². The number of ether oxygens (including phenoxy) is 1.